The fourth-order valence-electron chi connectivity index (χ4n) is 1.94. The number of hydrogen-bond acceptors (Lipinski definition) is 1. The lowest BCUT2D eigenvalue weighted by Crippen LogP contribution is -2.11. The van der Waals surface area contributed by atoms with Crippen molar-refractivity contribution in [2.75, 3.05) is 7.05 Å². The van der Waals surface area contributed by atoms with Crippen molar-refractivity contribution >= 4 is 0 Å². The minimum absolute atomic E-state index is 0.452. The second-order valence-electron chi connectivity index (χ2n) is 4.55. The Labute approximate surface area is 93.7 Å². The molecular formula is C13H24N2. The summed E-state index contributed by atoms with van der Waals surface area (Å²) in [7, 11) is 2.00. The van der Waals surface area contributed by atoms with Gasteiger partial charge in [-0.25, -0.2) is 0 Å². The molecule has 1 N–H and O–H groups in total. The van der Waals surface area contributed by atoms with Crippen molar-refractivity contribution in [3.05, 3.63) is 24.0 Å². The first-order valence-electron chi connectivity index (χ1n) is 6.00. The molecule has 2 unspecified atom stereocenters. The molecule has 0 aliphatic heterocycles. The van der Waals surface area contributed by atoms with Crippen molar-refractivity contribution in [3.8, 4) is 0 Å². The molecule has 0 radical (unpaired) electrons. The average Bonchev–Trinajstić information content (AvgIpc) is 2.65. The van der Waals surface area contributed by atoms with E-state index in [1.807, 2.05) is 7.05 Å². The van der Waals surface area contributed by atoms with Gasteiger partial charge in [0, 0.05) is 25.0 Å². The van der Waals surface area contributed by atoms with Crippen LogP contribution in [0, 0.1) is 5.92 Å². The molecule has 0 aromatic carbocycles. The van der Waals surface area contributed by atoms with Crippen molar-refractivity contribution in [1.82, 2.24) is 9.88 Å². The molecule has 2 atom stereocenters. The molecule has 2 nitrogen and oxygen atoms in total. The Morgan fingerprint density at radius 3 is 2.73 bits per heavy atom. The van der Waals surface area contributed by atoms with E-state index in [2.05, 4.69) is 49.1 Å². The Balaban J connectivity index is 2.52. The number of nitrogens with zero attached hydrogens (tertiary/aromatic N) is 1. The maximum atomic E-state index is 3.26. The predicted octanol–water partition coefficient (Wildman–Crippen LogP) is 3.20. The lowest BCUT2D eigenvalue weighted by atomic mass is 10.1. The van der Waals surface area contributed by atoms with Gasteiger partial charge < -0.3 is 9.88 Å². The molecule has 1 aromatic heterocycles. The first-order chi connectivity index (χ1) is 7.17. The van der Waals surface area contributed by atoms with E-state index in [9.17, 15) is 0 Å². The van der Waals surface area contributed by atoms with Crippen molar-refractivity contribution in [1.29, 1.82) is 0 Å². The quantitative estimate of drug-likeness (QED) is 0.759. The molecule has 0 saturated carbocycles. The minimum atomic E-state index is 0.452. The van der Waals surface area contributed by atoms with Crippen LogP contribution in [0.1, 0.15) is 45.2 Å². The van der Waals surface area contributed by atoms with Gasteiger partial charge >= 0.3 is 0 Å². The van der Waals surface area contributed by atoms with Gasteiger partial charge in [0.2, 0.25) is 0 Å². The van der Waals surface area contributed by atoms with E-state index >= 15 is 0 Å². The molecule has 2 heteroatoms. The minimum Gasteiger partial charge on any atom is -0.354 e. The van der Waals surface area contributed by atoms with E-state index in [1.54, 1.807) is 0 Å². The molecule has 15 heavy (non-hydrogen) atoms. The Bertz CT molecular complexity index is 278. The van der Waals surface area contributed by atoms with Gasteiger partial charge in [-0.1, -0.05) is 20.3 Å². The summed E-state index contributed by atoms with van der Waals surface area (Å²) in [6.45, 7) is 7.91. The van der Waals surface area contributed by atoms with Crippen LogP contribution in [0.15, 0.2) is 18.5 Å². The van der Waals surface area contributed by atoms with E-state index in [0.717, 1.165) is 12.5 Å². The summed E-state index contributed by atoms with van der Waals surface area (Å²) in [5.74, 6) is 0.778. The first-order valence-corrected chi connectivity index (χ1v) is 6.00. The highest BCUT2D eigenvalue weighted by molar-refractivity contribution is 5.14. The zero-order valence-corrected chi connectivity index (χ0v) is 10.5. The van der Waals surface area contributed by atoms with Crippen molar-refractivity contribution < 1.29 is 0 Å². The maximum Gasteiger partial charge on any atom is 0.0304 e. The van der Waals surface area contributed by atoms with E-state index in [1.165, 1.54) is 18.4 Å². The second-order valence-corrected chi connectivity index (χ2v) is 4.55. The molecule has 0 aliphatic rings. The Hall–Kier alpha value is -0.760. The van der Waals surface area contributed by atoms with Gasteiger partial charge in [-0.3, -0.25) is 0 Å². The van der Waals surface area contributed by atoms with Gasteiger partial charge in [0.15, 0.2) is 0 Å². The second kappa shape index (κ2) is 5.96. The summed E-state index contributed by atoms with van der Waals surface area (Å²) in [5.41, 5.74) is 1.38. The monoisotopic (exact) mass is 208 g/mol. The van der Waals surface area contributed by atoms with Gasteiger partial charge in [-0.05, 0) is 37.9 Å². The summed E-state index contributed by atoms with van der Waals surface area (Å²) in [5, 5.41) is 3.26. The standard InChI is InChI=1S/C13H24N2/c1-5-6-11(2)9-15-8-7-13(10-15)12(3)14-4/h7-8,10-12,14H,5-6,9H2,1-4H3. The third kappa shape index (κ3) is 3.71. The fraction of sp³-hybridized carbons (Fsp3) is 0.692. The maximum absolute atomic E-state index is 3.26. The van der Waals surface area contributed by atoms with E-state index in [4.69, 9.17) is 0 Å². The van der Waals surface area contributed by atoms with Gasteiger partial charge in [0.25, 0.3) is 0 Å². The van der Waals surface area contributed by atoms with Crippen LogP contribution in [0.25, 0.3) is 0 Å². The zero-order chi connectivity index (χ0) is 11.3. The SMILES string of the molecule is CCCC(C)Cn1ccc(C(C)NC)c1. The van der Waals surface area contributed by atoms with Gasteiger partial charge in [-0.15, -0.1) is 0 Å². The lowest BCUT2D eigenvalue weighted by molar-refractivity contribution is 0.446. The van der Waals surface area contributed by atoms with Crippen LogP contribution < -0.4 is 5.32 Å². The molecule has 0 spiro atoms. The van der Waals surface area contributed by atoms with Crippen LogP contribution >= 0.6 is 0 Å². The number of rotatable bonds is 6. The summed E-state index contributed by atoms with van der Waals surface area (Å²) in [4.78, 5) is 0. The lowest BCUT2D eigenvalue weighted by Gasteiger charge is -2.11. The Morgan fingerprint density at radius 1 is 1.40 bits per heavy atom. The van der Waals surface area contributed by atoms with Crippen LogP contribution in [0.3, 0.4) is 0 Å². The van der Waals surface area contributed by atoms with Crippen LogP contribution in [-0.4, -0.2) is 11.6 Å². The van der Waals surface area contributed by atoms with E-state index < -0.39 is 0 Å². The topological polar surface area (TPSA) is 17.0 Å². The van der Waals surface area contributed by atoms with E-state index in [-0.39, 0.29) is 0 Å². The third-order valence-electron chi connectivity index (χ3n) is 3.01. The predicted molar refractivity (Wildman–Crippen MR) is 66.0 cm³/mol. The molecule has 0 aliphatic carbocycles. The summed E-state index contributed by atoms with van der Waals surface area (Å²) in [6, 6.07) is 2.66. The van der Waals surface area contributed by atoms with Crippen molar-refractivity contribution in [2.24, 2.45) is 5.92 Å². The van der Waals surface area contributed by atoms with Crippen LogP contribution in [-0.2, 0) is 6.54 Å². The Morgan fingerprint density at radius 2 is 2.13 bits per heavy atom. The van der Waals surface area contributed by atoms with E-state index in [0.29, 0.717) is 6.04 Å². The molecular weight excluding hydrogens is 184 g/mol. The first kappa shape index (κ1) is 12.3. The highest BCUT2D eigenvalue weighted by Gasteiger charge is 2.06. The number of hydrogen-bond donors (Lipinski definition) is 1. The molecule has 0 bridgehead atoms. The highest BCUT2D eigenvalue weighted by atomic mass is 15.0. The number of nitrogens with one attached hydrogen (secondary N) is 1. The van der Waals surface area contributed by atoms with Gasteiger partial charge in [-0.2, -0.15) is 0 Å². The zero-order valence-electron chi connectivity index (χ0n) is 10.5. The normalized spacial score (nSPS) is 15.2. The Kier molecular flexibility index (Phi) is 4.89. The summed E-state index contributed by atoms with van der Waals surface area (Å²) >= 11 is 0. The molecule has 1 rings (SSSR count). The number of aromatic nitrogens is 1. The molecule has 86 valence electrons. The average molecular weight is 208 g/mol. The molecule has 1 aromatic rings. The highest BCUT2D eigenvalue weighted by Crippen LogP contribution is 2.14. The van der Waals surface area contributed by atoms with Crippen molar-refractivity contribution in [3.63, 3.8) is 0 Å². The molecule has 0 amide bonds. The molecule has 0 saturated heterocycles. The molecule has 1 heterocycles. The third-order valence-corrected chi connectivity index (χ3v) is 3.01. The van der Waals surface area contributed by atoms with Crippen LogP contribution in [0.4, 0.5) is 0 Å². The van der Waals surface area contributed by atoms with Gasteiger partial charge in [0.05, 0.1) is 0 Å². The molecule has 0 fully saturated rings. The smallest absolute Gasteiger partial charge is 0.0304 e. The van der Waals surface area contributed by atoms with Crippen molar-refractivity contribution in [2.45, 2.75) is 46.2 Å². The fourth-order valence-corrected chi connectivity index (χ4v) is 1.94. The van der Waals surface area contributed by atoms with Gasteiger partial charge in [0.1, 0.15) is 0 Å². The van der Waals surface area contributed by atoms with Crippen LogP contribution in [0.5, 0.6) is 0 Å². The van der Waals surface area contributed by atoms with Crippen LogP contribution in [0.2, 0.25) is 0 Å². The summed E-state index contributed by atoms with van der Waals surface area (Å²) < 4.78 is 2.31. The largest absolute Gasteiger partial charge is 0.354 e. The summed E-state index contributed by atoms with van der Waals surface area (Å²) in [6.07, 6.45) is 7.04.